The predicted octanol–water partition coefficient (Wildman–Crippen LogP) is 2.92. The molecule has 1 aromatic carbocycles. The number of hydrogen-bond donors (Lipinski definition) is 1. The zero-order valence-corrected chi connectivity index (χ0v) is 10.8. The van der Waals surface area contributed by atoms with Gasteiger partial charge in [-0.05, 0) is 24.6 Å². The van der Waals surface area contributed by atoms with Crippen LogP contribution in [0.25, 0.3) is 0 Å². The molecular weight excluding hydrogens is 231 g/mol. The Labute approximate surface area is 107 Å². The van der Waals surface area contributed by atoms with Crippen LogP contribution in [0.15, 0.2) is 18.2 Å². The summed E-state index contributed by atoms with van der Waals surface area (Å²) < 4.78 is 18.8. The first-order valence-corrected chi connectivity index (χ1v) is 5.98. The van der Waals surface area contributed by atoms with E-state index in [0.717, 1.165) is 6.42 Å². The van der Waals surface area contributed by atoms with E-state index in [1.54, 1.807) is 13.2 Å². The number of nitrogens with one attached hydrogen (secondary N) is 1. The highest BCUT2D eigenvalue weighted by Crippen LogP contribution is 2.44. The summed E-state index contributed by atoms with van der Waals surface area (Å²) in [7, 11) is 1.71. The van der Waals surface area contributed by atoms with Gasteiger partial charge in [0.05, 0.1) is 11.7 Å². The molecule has 0 saturated heterocycles. The minimum Gasteiger partial charge on any atom is -0.381 e. The van der Waals surface area contributed by atoms with Gasteiger partial charge in [-0.25, -0.2) is 4.39 Å². The number of methoxy groups -OCH3 is 1. The smallest absolute Gasteiger partial charge is 0.143 e. The molecular formula is C14H17FN2O. The maximum absolute atomic E-state index is 13.5. The molecule has 0 aliphatic heterocycles. The molecule has 1 N–H and O–H groups in total. The molecule has 1 aliphatic carbocycles. The van der Waals surface area contributed by atoms with Gasteiger partial charge in [0, 0.05) is 24.3 Å². The Morgan fingerprint density at radius 2 is 2.22 bits per heavy atom. The highest BCUT2D eigenvalue weighted by molar-refractivity contribution is 5.49. The van der Waals surface area contributed by atoms with E-state index in [4.69, 9.17) is 10.00 Å². The van der Waals surface area contributed by atoms with Gasteiger partial charge in [0.25, 0.3) is 0 Å². The van der Waals surface area contributed by atoms with E-state index in [1.165, 1.54) is 12.1 Å². The number of anilines is 1. The zero-order chi connectivity index (χ0) is 13.3. The van der Waals surface area contributed by atoms with Crippen molar-refractivity contribution in [3.8, 4) is 6.07 Å². The third-order valence-electron chi connectivity index (χ3n) is 3.89. The van der Waals surface area contributed by atoms with E-state index in [2.05, 4.69) is 19.2 Å². The molecule has 4 heteroatoms. The van der Waals surface area contributed by atoms with Crippen LogP contribution in [0.5, 0.6) is 0 Å². The fourth-order valence-electron chi connectivity index (χ4n) is 2.43. The molecule has 0 spiro atoms. The molecule has 0 radical (unpaired) electrons. The highest BCUT2D eigenvalue weighted by atomic mass is 19.1. The molecule has 1 aromatic rings. The SMILES string of the molecule is COC1CC(Nc2ccc(C#N)c(F)c2)C1(C)C. The average molecular weight is 248 g/mol. The molecule has 0 aromatic heterocycles. The van der Waals surface area contributed by atoms with Gasteiger partial charge < -0.3 is 10.1 Å². The molecule has 18 heavy (non-hydrogen) atoms. The second-order valence-electron chi connectivity index (χ2n) is 5.28. The molecule has 1 saturated carbocycles. The summed E-state index contributed by atoms with van der Waals surface area (Å²) in [6.45, 7) is 4.25. The summed E-state index contributed by atoms with van der Waals surface area (Å²) in [5.74, 6) is -0.483. The van der Waals surface area contributed by atoms with E-state index >= 15 is 0 Å². The van der Waals surface area contributed by atoms with Crippen molar-refractivity contribution < 1.29 is 9.13 Å². The highest BCUT2D eigenvalue weighted by Gasteiger charge is 2.48. The minimum atomic E-state index is -0.483. The third-order valence-corrected chi connectivity index (χ3v) is 3.89. The van der Waals surface area contributed by atoms with Crippen molar-refractivity contribution in [2.75, 3.05) is 12.4 Å². The summed E-state index contributed by atoms with van der Waals surface area (Å²) in [5, 5.41) is 12.0. The van der Waals surface area contributed by atoms with Crippen LogP contribution in [0.2, 0.25) is 0 Å². The first-order valence-electron chi connectivity index (χ1n) is 5.98. The van der Waals surface area contributed by atoms with E-state index in [9.17, 15) is 4.39 Å². The second-order valence-corrected chi connectivity index (χ2v) is 5.28. The normalized spacial score (nSPS) is 25.1. The van der Waals surface area contributed by atoms with E-state index in [-0.39, 0.29) is 23.1 Å². The van der Waals surface area contributed by atoms with Gasteiger partial charge in [0.15, 0.2) is 0 Å². The number of nitrogens with zero attached hydrogens (tertiary/aromatic N) is 1. The molecule has 0 heterocycles. The number of benzene rings is 1. The van der Waals surface area contributed by atoms with Gasteiger partial charge in [-0.1, -0.05) is 13.8 Å². The van der Waals surface area contributed by atoms with E-state index in [0.29, 0.717) is 5.69 Å². The van der Waals surface area contributed by atoms with Crippen molar-refractivity contribution in [2.24, 2.45) is 5.41 Å². The molecule has 0 amide bonds. The number of nitriles is 1. The van der Waals surface area contributed by atoms with Crippen LogP contribution in [0.4, 0.5) is 10.1 Å². The fraction of sp³-hybridized carbons (Fsp3) is 0.500. The maximum atomic E-state index is 13.5. The largest absolute Gasteiger partial charge is 0.381 e. The van der Waals surface area contributed by atoms with Crippen LogP contribution in [0, 0.1) is 22.6 Å². The quantitative estimate of drug-likeness (QED) is 0.894. The van der Waals surface area contributed by atoms with Gasteiger partial charge >= 0.3 is 0 Å². The van der Waals surface area contributed by atoms with Gasteiger partial charge in [-0.2, -0.15) is 5.26 Å². The predicted molar refractivity (Wildman–Crippen MR) is 67.7 cm³/mol. The van der Waals surface area contributed by atoms with Gasteiger partial charge in [0.1, 0.15) is 11.9 Å². The molecule has 2 unspecified atom stereocenters. The summed E-state index contributed by atoms with van der Waals surface area (Å²) >= 11 is 0. The number of rotatable bonds is 3. The van der Waals surface area contributed by atoms with Gasteiger partial charge in [-0.3, -0.25) is 0 Å². The standard InChI is InChI=1S/C14H17FN2O/c1-14(2)12(7-13(14)18-3)17-10-5-4-9(8-16)11(15)6-10/h4-6,12-13,17H,7H2,1-3H3. The number of halogens is 1. The number of ether oxygens (including phenoxy) is 1. The summed E-state index contributed by atoms with van der Waals surface area (Å²) in [5.41, 5.74) is 0.807. The Hall–Kier alpha value is -1.60. The lowest BCUT2D eigenvalue weighted by Crippen LogP contribution is -2.57. The van der Waals surface area contributed by atoms with Crippen molar-refractivity contribution in [1.82, 2.24) is 0 Å². The lowest BCUT2D eigenvalue weighted by atomic mass is 9.64. The number of hydrogen-bond acceptors (Lipinski definition) is 3. The van der Waals surface area contributed by atoms with Crippen LogP contribution in [0.3, 0.4) is 0 Å². The van der Waals surface area contributed by atoms with Crippen LogP contribution in [0.1, 0.15) is 25.8 Å². The summed E-state index contributed by atoms with van der Waals surface area (Å²) in [6.07, 6.45) is 1.14. The van der Waals surface area contributed by atoms with Gasteiger partial charge in [-0.15, -0.1) is 0 Å². The van der Waals surface area contributed by atoms with E-state index in [1.807, 2.05) is 6.07 Å². The zero-order valence-electron chi connectivity index (χ0n) is 10.8. The van der Waals surface area contributed by atoms with Gasteiger partial charge in [0.2, 0.25) is 0 Å². The lowest BCUT2D eigenvalue weighted by Gasteiger charge is -2.51. The van der Waals surface area contributed by atoms with E-state index < -0.39 is 5.82 Å². The Morgan fingerprint density at radius 1 is 1.50 bits per heavy atom. The second kappa shape index (κ2) is 4.58. The lowest BCUT2D eigenvalue weighted by molar-refractivity contribution is -0.0794. The molecule has 0 bridgehead atoms. The minimum absolute atomic E-state index is 0.0269. The first-order chi connectivity index (χ1) is 8.48. The Bertz CT molecular complexity index is 493. The summed E-state index contributed by atoms with van der Waals surface area (Å²) in [4.78, 5) is 0. The Kier molecular flexibility index (Phi) is 3.27. The van der Waals surface area contributed by atoms with Crippen molar-refractivity contribution in [3.05, 3.63) is 29.6 Å². The molecule has 2 rings (SSSR count). The van der Waals surface area contributed by atoms with Crippen molar-refractivity contribution in [1.29, 1.82) is 5.26 Å². The Morgan fingerprint density at radius 3 is 2.72 bits per heavy atom. The van der Waals surface area contributed by atoms with Crippen molar-refractivity contribution in [3.63, 3.8) is 0 Å². The van der Waals surface area contributed by atoms with Crippen molar-refractivity contribution in [2.45, 2.75) is 32.4 Å². The molecule has 1 aliphatic rings. The molecule has 3 nitrogen and oxygen atoms in total. The van der Waals surface area contributed by atoms with Crippen molar-refractivity contribution >= 4 is 5.69 Å². The third kappa shape index (κ3) is 2.06. The summed E-state index contributed by atoms with van der Waals surface area (Å²) in [6, 6.07) is 6.67. The molecule has 96 valence electrons. The van der Waals surface area contributed by atoms with Crippen LogP contribution in [-0.2, 0) is 4.74 Å². The monoisotopic (exact) mass is 248 g/mol. The average Bonchev–Trinajstić information content (AvgIpc) is 2.34. The molecule has 2 atom stereocenters. The van der Waals surface area contributed by atoms with Crippen LogP contribution in [-0.4, -0.2) is 19.3 Å². The fourth-order valence-corrected chi connectivity index (χ4v) is 2.43. The Balaban J connectivity index is 2.08. The first kappa shape index (κ1) is 12.8. The maximum Gasteiger partial charge on any atom is 0.143 e. The van der Waals surface area contributed by atoms with Crippen LogP contribution >= 0.6 is 0 Å². The topological polar surface area (TPSA) is 45.0 Å². The van der Waals surface area contributed by atoms with Crippen LogP contribution < -0.4 is 5.32 Å². The molecule has 1 fully saturated rings.